The Hall–Kier alpha value is -0.870. The molecule has 0 unspecified atom stereocenters. The first-order chi connectivity index (χ1) is 7.13. The van der Waals surface area contributed by atoms with Gasteiger partial charge in [-0.25, -0.2) is 0 Å². The van der Waals surface area contributed by atoms with Crippen LogP contribution in [-0.2, 0) is 9.53 Å². The normalized spacial score (nSPS) is 10.0. The second-order valence-electron chi connectivity index (χ2n) is 2.87. The molecule has 1 aromatic heterocycles. The summed E-state index contributed by atoms with van der Waals surface area (Å²) in [6, 6.07) is 1.61. The highest BCUT2D eigenvalue weighted by molar-refractivity contribution is 7.14. The monoisotopic (exact) mass is 246 g/mol. The first-order valence-electron chi connectivity index (χ1n) is 4.56. The van der Waals surface area contributed by atoms with Gasteiger partial charge >= 0.3 is 5.97 Å². The minimum absolute atomic E-state index is 0.0776. The third-order valence-corrected chi connectivity index (χ3v) is 2.84. The van der Waals surface area contributed by atoms with E-state index in [4.69, 9.17) is 16.3 Å². The molecule has 0 atom stereocenters. The van der Waals surface area contributed by atoms with Crippen LogP contribution in [0.4, 0.5) is 0 Å². The number of rotatable bonds is 5. The standard InChI is InChI=1S/C10H11ClO3S/c1-2-14-10(13)4-3-8(12)7-5-9(11)15-6-7/h5-6H,2-4H2,1H3. The lowest BCUT2D eigenvalue weighted by atomic mass is 10.1. The molecule has 0 fully saturated rings. The summed E-state index contributed by atoms with van der Waals surface area (Å²) < 4.78 is 5.30. The molecule has 5 heteroatoms. The lowest BCUT2D eigenvalue weighted by Crippen LogP contribution is -2.07. The van der Waals surface area contributed by atoms with Crippen molar-refractivity contribution >= 4 is 34.7 Å². The van der Waals surface area contributed by atoms with Crippen LogP contribution >= 0.6 is 22.9 Å². The van der Waals surface area contributed by atoms with E-state index in [2.05, 4.69) is 0 Å². The molecule has 0 amide bonds. The van der Waals surface area contributed by atoms with E-state index < -0.39 is 0 Å². The van der Waals surface area contributed by atoms with Crippen LogP contribution in [0.2, 0.25) is 4.34 Å². The molecule has 1 aromatic rings. The van der Waals surface area contributed by atoms with Gasteiger partial charge in [0.15, 0.2) is 5.78 Å². The van der Waals surface area contributed by atoms with Gasteiger partial charge in [0.1, 0.15) is 0 Å². The van der Waals surface area contributed by atoms with E-state index in [1.165, 1.54) is 11.3 Å². The number of hydrogen-bond donors (Lipinski definition) is 0. The van der Waals surface area contributed by atoms with Crippen molar-refractivity contribution in [3.05, 3.63) is 21.3 Å². The molecule has 0 aliphatic heterocycles. The number of halogens is 1. The van der Waals surface area contributed by atoms with Crippen LogP contribution in [0.25, 0.3) is 0 Å². The van der Waals surface area contributed by atoms with Gasteiger partial charge in [-0.3, -0.25) is 9.59 Å². The Morgan fingerprint density at radius 1 is 1.47 bits per heavy atom. The molecule has 0 saturated carbocycles. The second-order valence-corrected chi connectivity index (χ2v) is 4.41. The number of carbonyl (C=O) groups is 2. The number of Topliss-reactive ketones (excluding diaryl/α,β-unsaturated/α-hetero) is 1. The third kappa shape index (κ3) is 4.01. The Morgan fingerprint density at radius 3 is 2.73 bits per heavy atom. The van der Waals surface area contributed by atoms with Gasteiger partial charge in [0.25, 0.3) is 0 Å². The van der Waals surface area contributed by atoms with Gasteiger partial charge < -0.3 is 4.74 Å². The highest BCUT2D eigenvalue weighted by atomic mass is 35.5. The smallest absolute Gasteiger partial charge is 0.306 e. The fraction of sp³-hybridized carbons (Fsp3) is 0.400. The van der Waals surface area contributed by atoms with Gasteiger partial charge in [0.2, 0.25) is 0 Å². The first-order valence-corrected chi connectivity index (χ1v) is 5.82. The van der Waals surface area contributed by atoms with Gasteiger partial charge in [-0.1, -0.05) is 11.6 Å². The summed E-state index contributed by atoms with van der Waals surface area (Å²) in [5, 5.41) is 1.69. The zero-order valence-electron chi connectivity index (χ0n) is 8.29. The van der Waals surface area contributed by atoms with Crippen LogP contribution < -0.4 is 0 Å². The Morgan fingerprint density at radius 2 is 2.20 bits per heavy atom. The molecule has 15 heavy (non-hydrogen) atoms. The molecule has 0 spiro atoms. The molecule has 3 nitrogen and oxygen atoms in total. The van der Waals surface area contributed by atoms with Crippen LogP contribution in [0.3, 0.4) is 0 Å². The van der Waals surface area contributed by atoms with Gasteiger partial charge in [-0.05, 0) is 13.0 Å². The lowest BCUT2D eigenvalue weighted by molar-refractivity contribution is -0.143. The highest BCUT2D eigenvalue weighted by Crippen LogP contribution is 2.21. The van der Waals surface area contributed by atoms with Crippen molar-refractivity contribution in [3.8, 4) is 0 Å². The molecule has 82 valence electrons. The van der Waals surface area contributed by atoms with Crippen molar-refractivity contribution in [3.63, 3.8) is 0 Å². The third-order valence-electron chi connectivity index (χ3n) is 1.75. The maximum Gasteiger partial charge on any atom is 0.306 e. The fourth-order valence-corrected chi connectivity index (χ4v) is 1.93. The fourth-order valence-electron chi connectivity index (χ4n) is 1.05. The van der Waals surface area contributed by atoms with E-state index >= 15 is 0 Å². The minimum Gasteiger partial charge on any atom is -0.466 e. The summed E-state index contributed by atoms with van der Waals surface area (Å²) in [5.41, 5.74) is 0.564. The van der Waals surface area contributed by atoms with Gasteiger partial charge in [0.05, 0.1) is 17.4 Å². The van der Waals surface area contributed by atoms with Gasteiger partial charge in [0, 0.05) is 17.4 Å². The van der Waals surface area contributed by atoms with Crippen LogP contribution in [0, 0.1) is 0 Å². The molecule has 0 bridgehead atoms. The van der Waals surface area contributed by atoms with Crippen LogP contribution in [0.15, 0.2) is 11.4 Å². The lowest BCUT2D eigenvalue weighted by Gasteiger charge is -1.99. The van der Waals surface area contributed by atoms with Crippen molar-refractivity contribution in [1.29, 1.82) is 0 Å². The number of thiophene rings is 1. The van der Waals surface area contributed by atoms with Crippen molar-refractivity contribution < 1.29 is 14.3 Å². The highest BCUT2D eigenvalue weighted by Gasteiger charge is 2.11. The summed E-state index contributed by atoms with van der Waals surface area (Å²) in [4.78, 5) is 22.5. The maximum atomic E-state index is 11.5. The van der Waals surface area contributed by atoms with Crippen molar-refractivity contribution in [2.45, 2.75) is 19.8 Å². The van der Waals surface area contributed by atoms with Crippen molar-refractivity contribution in [2.75, 3.05) is 6.61 Å². The number of carbonyl (C=O) groups excluding carboxylic acids is 2. The number of esters is 1. The predicted octanol–water partition coefficient (Wildman–Crippen LogP) is 2.93. The zero-order chi connectivity index (χ0) is 11.3. The number of ketones is 1. The van der Waals surface area contributed by atoms with E-state index in [0.29, 0.717) is 16.5 Å². The zero-order valence-corrected chi connectivity index (χ0v) is 9.86. The molecule has 0 aromatic carbocycles. The Bertz CT molecular complexity index is 359. The second kappa shape index (κ2) is 5.88. The molecular formula is C10H11ClO3S. The summed E-state index contributed by atoms with van der Waals surface area (Å²) in [5.74, 6) is -0.418. The Labute approximate surface area is 97.0 Å². The predicted molar refractivity (Wildman–Crippen MR) is 59.5 cm³/mol. The molecule has 0 aliphatic rings. The summed E-state index contributed by atoms with van der Waals surface area (Å²) in [7, 11) is 0. The largest absolute Gasteiger partial charge is 0.466 e. The van der Waals surface area contributed by atoms with E-state index in [0.717, 1.165) is 0 Å². The van der Waals surface area contributed by atoms with E-state index in [-0.39, 0.29) is 24.6 Å². The SMILES string of the molecule is CCOC(=O)CCC(=O)c1csc(Cl)c1. The minimum atomic E-state index is -0.341. The molecule has 1 rings (SSSR count). The topological polar surface area (TPSA) is 43.4 Å². The Balaban J connectivity index is 2.40. The number of ether oxygens (including phenoxy) is 1. The van der Waals surface area contributed by atoms with Crippen LogP contribution in [0.5, 0.6) is 0 Å². The molecule has 0 saturated heterocycles. The molecule has 0 aliphatic carbocycles. The van der Waals surface area contributed by atoms with Crippen LogP contribution in [0.1, 0.15) is 30.1 Å². The number of hydrogen-bond acceptors (Lipinski definition) is 4. The summed E-state index contributed by atoms with van der Waals surface area (Å²) in [6.07, 6.45) is 0.298. The molecule has 0 N–H and O–H groups in total. The van der Waals surface area contributed by atoms with Crippen molar-refractivity contribution in [2.24, 2.45) is 0 Å². The average molecular weight is 247 g/mol. The van der Waals surface area contributed by atoms with Crippen molar-refractivity contribution in [1.82, 2.24) is 0 Å². The quantitative estimate of drug-likeness (QED) is 0.593. The average Bonchev–Trinajstić information content (AvgIpc) is 2.62. The van der Waals surface area contributed by atoms with E-state index in [1.807, 2.05) is 0 Å². The van der Waals surface area contributed by atoms with Gasteiger partial charge in [-0.15, -0.1) is 11.3 Å². The molecule has 1 heterocycles. The van der Waals surface area contributed by atoms with E-state index in [1.54, 1.807) is 18.4 Å². The maximum absolute atomic E-state index is 11.5. The molecule has 0 radical (unpaired) electrons. The summed E-state index contributed by atoms with van der Waals surface area (Å²) in [6.45, 7) is 2.08. The Kier molecular flexibility index (Phi) is 4.78. The van der Waals surface area contributed by atoms with Gasteiger partial charge in [-0.2, -0.15) is 0 Å². The van der Waals surface area contributed by atoms with E-state index in [9.17, 15) is 9.59 Å². The molecular weight excluding hydrogens is 236 g/mol. The first kappa shape index (κ1) is 12.2. The van der Waals surface area contributed by atoms with Crippen LogP contribution in [-0.4, -0.2) is 18.4 Å². The summed E-state index contributed by atoms with van der Waals surface area (Å²) >= 11 is 7.00.